The predicted octanol–water partition coefficient (Wildman–Crippen LogP) is -0.243. The molecule has 0 spiro atoms. The minimum atomic E-state index is -1.44. The Kier molecular flexibility index (Phi) is 3.48. The lowest BCUT2D eigenvalue weighted by atomic mass is 10.4. The van der Waals surface area contributed by atoms with Crippen LogP contribution in [-0.4, -0.2) is 22.3 Å². The minimum absolute atomic E-state index is 0.992. The number of thiol groups is 2. The standard InChI is InChI=1S/C3H4O4S2/c4-2(5)1(8)3(6)7-9/h1,8-9H,(H,4,5). The monoisotopic (exact) mass is 168 g/mol. The molecule has 1 unspecified atom stereocenters. The van der Waals surface area contributed by atoms with Crippen LogP contribution in [0.25, 0.3) is 0 Å². The molecule has 0 aliphatic carbocycles. The van der Waals surface area contributed by atoms with Crippen molar-refractivity contribution in [3.05, 3.63) is 0 Å². The summed E-state index contributed by atoms with van der Waals surface area (Å²) in [7, 11) is 0. The summed E-state index contributed by atoms with van der Waals surface area (Å²) in [5, 5.41) is 6.63. The maximum absolute atomic E-state index is 10.2. The summed E-state index contributed by atoms with van der Waals surface area (Å²) in [5.74, 6) is -2.34. The SMILES string of the molecule is O=C(O)C(S)C(=O)OS. The molecule has 0 fully saturated rings. The molecule has 1 N–H and O–H groups in total. The van der Waals surface area contributed by atoms with Crippen LogP contribution in [0.5, 0.6) is 0 Å². The Morgan fingerprint density at radius 3 is 2.11 bits per heavy atom. The van der Waals surface area contributed by atoms with Crippen molar-refractivity contribution < 1.29 is 18.9 Å². The highest BCUT2D eigenvalue weighted by molar-refractivity contribution is 7.83. The highest BCUT2D eigenvalue weighted by atomic mass is 32.1. The van der Waals surface area contributed by atoms with Crippen LogP contribution >= 0.6 is 25.5 Å². The highest BCUT2D eigenvalue weighted by Gasteiger charge is 2.22. The van der Waals surface area contributed by atoms with Gasteiger partial charge in [-0.25, -0.2) is 4.79 Å². The third-order valence-electron chi connectivity index (χ3n) is 0.547. The molecule has 0 radical (unpaired) electrons. The molecule has 0 saturated heterocycles. The predicted molar refractivity (Wildman–Crippen MR) is 35.5 cm³/mol. The average Bonchev–Trinajstić information content (AvgIpc) is 1.84. The summed E-state index contributed by atoms with van der Waals surface area (Å²) in [6, 6.07) is 0. The quantitative estimate of drug-likeness (QED) is 0.302. The number of rotatable bonds is 2. The van der Waals surface area contributed by atoms with E-state index in [1.807, 2.05) is 0 Å². The van der Waals surface area contributed by atoms with Crippen molar-refractivity contribution in [3.63, 3.8) is 0 Å². The van der Waals surface area contributed by atoms with Gasteiger partial charge < -0.3 is 9.29 Å². The van der Waals surface area contributed by atoms with Crippen molar-refractivity contribution in [2.24, 2.45) is 0 Å². The van der Waals surface area contributed by atoms with Crippen LogP contribution in [0.1, 0.15) is 0 Å². The first kappa shape index (κ1) is 8.64. The van der Waals surface area contributed by atoms with Crippen molar-refractivity contribution in [3.8, 4) is 0 Å². The first-order valence-electron chi connectivity index (χ1n) is 1.85. The van der Waals surface area contributed by atoms with Crippen molar-refractivity contribution in [1.29, 1.82) is 0 Å². The number of aliphatic carboxylic acids is 1. The topological polar surface area (TPSA) is 63.6 Å². The molecule has 1 atom stereocenters. The van der Waals surface area contributed by atoms with Gasteiger partial charge in [0.25, 0.3) is 0 Å². The van der Waals surface area contributed by atoms with Gasteiger partial charge in [-0.3, -0.25) is 4.79 Å². The molecule has 0 aromatic carbocycles. The van der Waals surface area contributed by atoms with Gasteiger partial charge in [0.05, 0.1) is 0 Å². The van der Waals surface area contributed by atoms with Gasteiger partial charge in [0.2, 0.25) is 0 Å². The molecule has 0 bridgehead atoms. The summed E-state index contributed by atoms with van der Waals surface area (Å²) in [6.45, 7) is 0. The van der Waals surface area contributed by atoms with E-state index in [4.69, 9.17) is 5.11 Å². The minimum Gasteiger partial charge on any atom is -0.480 e. The van der Waals surface area contributed by atoms with Crippen molar-refractivity contribution >= 4 is 37.5 Å². The van der Waals surface area contributed by atoms with Gasteiger partial charge in [0.15, 0.2) is 5.25 Å². The van der Waals surface area contributed by atoms with E-state index in [1.165, 1.54) is 0 Å². The second kappa shape index (κ2) is 3.62. The second-order valence-corrected chi connectivity index (χ2v) is 1.85. The number of hydrogen-bond acceptors (Lipinski definition) is 5. The van der Waals surface area contributed by atoms with Crippen molar-refractivity contribution in [1.82, 2.24) is 0 Å². The summed E-state index contributed by atoms with van der Waals surface area (Å²) < 4.78 is 3.77. The molecule has 0 aliphatic rings. The maximum atomic E-state index is 10.2. The van der Waals surface area contributed by atoms with Crippen LogP contribution in [0.2, 0.25) is 0 Å². The van der Waals surface area contributed by atoms with Crippen LogP contribution in [0, 0.1) is 0 Å². The van der Waals surface area contributed by atoms with E-state index in [1.54, 1.807) is 0 Å². The molecule has 0 amide bonds. The number of carboxylic acid groups (broad SMARTS) is 1. The lowest BCUT2D eigenvalue weighted by Gasteiger charge is -1.98. The zero-order chi connectivity index (χ0) is 7.44. The Hall–Kier alpha value is -0.360. The third kappa shape index (κ3) is 2.62. The summed E-state index contributed by atoms with van der Waals surface area (Å²) in [5.41, 5.74) is 0. The zero-order valence-corrected chi connectivity index (χ0v) is 5.93. The Bertz CT molecular complexity index is 134. The lowest BCUT2D eigenvalue weighted by molar-refractivity contribution is -0.143. The van der Waals surface area contributed by atoms with Gasteiger partial charge in [0, 0.05) is 12.9 Å². The average molecular weight is 168 g/mol. The van der Waals surface area contributed by atoms with E-state index < -0.39 is 17.2 Å². The van der Waals surface area contributed by atoms with Gasteiger partial charge in [0.1, 0.15) is 0 Å². The fourth-order valence-electron chi connectivity index (χ4n) is 0.151. The number of carbonyl (C=O) groups is 2. The highest BCUT2D eigenvalue weighted by Crippen LogP contribution is 1.98. The lowest BCUT2D eigenvalue weighted by Crippen LogP contribution is -2.24. The Morgan fingerprint density at radius 2 is 2.00 bits per heavy atom. The molecule has 4 nitrogen and oxygen atoms in total. The molecule has 0 saturated carbocycles. The fraction of sp³-hybridized carbons (Fsp3) is 0.333. The van der Waals surface area contributed by atoms with E-state index >= 15 is 0 Å². The molecular formula is C3H4O4S2. The first-order chi connectivity index (χ1) is 4.09. The van der Waals surface area contributed by atoms with Gasteiger partial charge in [-0.05, 0) is 0 Å². The Balaban J connectivity index is 3.88. The normalized spacial score (nSPS) is 12.2. The number of carbonyl (C=O) groups excluding carboxylic acids is 1. The second-order valence-electron chi connectivity index (χ2n) is 1.15. The largest absolute Gasteiger partial charge is 0.480 e. The van der Waals surface area contributed by atoms with Gasteiger partial charge >= 0.3 is 11.9 Å². The fourth-order valence-corrected chi connectivity index (χ4v) is 0.392. The number of hydrogen-bond donors (Lipinski definition) is 3. The molecule has 0 aromatic rings. The maximum Gasteiger partial charge on any atom is 0.342 e. The molecule has 0 heterocycles. The van der Waals surface area contributed by atoms with E-state index in [2.05, 4.69) is 29.7 Å². The van der Waals surface area contributed by atoms with Gasteiger partial charge in [-0.1, -0.05) is 0 Å². The Morgan fingerprint density at radius 1 is 1.56 bits per heavy atom. The van der Waals surface area contributed by atoms with Crippen molar-refractivity contribution in [2.45, 2.75) is 5.25 Å². The third-order valence-corrected chi connectivity index (χ3v) is 1.16. The van der Waals surface area contributed by atoms with E-state index in [-0.39, 0.29) is 0 Å². The van der Waals surface area contributed by atoms with Crippen LogP contribution in [0.4, 0.5) is 0 Å². The molecule has 0 rings (SSSR count). The number of carboxylic acids is 1. The van der Waals surface area contributed by atoms with Crippen LogP contribution < -0.4 is 0 Å². The summed E-state index contributed by atoms with van der Waals surface area (Å²) in [6.07, 6.45) is 0. The Labute approximate surface area is 62.2 Å². The first-order valence-corrected chi connectivity index (χ1v) is 2.74. The molecule has 6 heteroatoms. The molecular weight excluding hydrogens is 164 g/mol. The van der Waals surface area contributed by atoms with E-state index in [9.17, 15) is 9.59 Å². The van der Waals surface area contributed by atoms with Crippen LogP contribution in [0.15, 0.2) is 0 Å². The molecule has 0 aliphatic heterocycles. The van der Waals surface area contributed by atoms with Crippen molar-refractivity contribution in [2.75, 3.05) is 0 Å². The van der Waals surface area contributed by atoms with Crippen LogP contribution in [-0.2, 0) is 13.8 Å². The van der Waals surface area contributed by atoms with E-state index in [0.717, 1.165) is 0 Å². The van der Waals surface area contributed by atoms with E-state index in [0.29, 0.717) is 0 Å². The zero-order valence-electron chi connectivity index (χ0n) is 4.14. The molecule has 52 valence electrons. The van der Waals surface area contributed by atoms with Gasteiger partial charge in [-0.2, -0.15) is 12.6 Å². The molecule has 9 heavy (non-hydrogen) atoms. The summed E-state index contributed by atoms with van der Waals surface area (Å²) >= 11 is 6.46. The summed E-state index contributed by atoms with van der Waals surface area (Å²) in [4.78, 5) is 20.1. The molecule has 0 aromatic heterocycles. The van der Waals surface area contributed by atoms with Gasteiger partial charge in [-0.15, -0.1) is 0 Å². The van der Waals surface area contributed by atoms with Crippen LogP contribution in [0.3, 0.4) is 0 Å². The smallest absolute Gasteiger partial charge is 0.342 e.